The lowest BCUT2D eigenvalue weighted by Crippen LogP contribution is -1.91. The third kappa shape index (κ3) is 1.96. The van der Waals surface area contributed by atoms with Crippen LogP contribution in [0.1, 0.15) is 18.5 Å². The summed E-state index contributed by atoms with van der Waals surface area (Å²) in [5.41, 5.74) is 3.46. The quantitative estimate of drug-likeness (QED) is 0.666. The van der Waals surface area contributed by atoms with Crippen LogP contribution in [0.4, 0.5) is 0 Å². The molecule has 0 unspecified atom stereocenters. The third-order valence-electron chi connectivity index (χ3n) is 3.58. The Bertz CT molecular complexity index is 778. The molecule has 1 aromatic carbocycles. The summed E-state index contributed by atoms with van der Waals surface area (Å²) in [6, 6.07) is 12.7. The highest BCUT2D eigenvalue weighted by molar-refractivity contribution is 6.07. The number of benzene rings is 1. The van der Waals surface area contributed by atoms with Gasteiger partial charge in [-0.2, -0.15) is 5.26 Å². The Kier molecular flexibility index (Phi) is 2.92. The number of hydrogen-bond donors (Lipinski definition) is 0. The highest BCUT2D eigenvalue weighted by Gasteiger charge is 2.08. The van der Waals surface area contributed by atoms with E-state index in [9.17, 15) is 0 Å². The van der Waals surface area contributed by atoms with Crippen molar-refractivity contribution in [3.63, 3.8) is 0 Å². The molecule has 0 fully saturated rings. The molecule has 3 heteroatoms. The molecule has 0 atom stereocenters. The molecule has 0 bridgehead atoms. The first-order chi connectivity index (χ1) is 9.31. The predicted molar refractivity (Wildman–Crippen MR) is 76.8 cm³/mol. The molecule has 0 amide bonds. The second kappa shape index (κ2) is 4.74. The number of fused-ring (bicyclic) bond motifs is 3. The van der Waals surface area contributed by atoms with Gasteiger partial charge in [0.1, 0.15) is 0 Å². The predicted octanol–water partition coefficient (Wildman–Crippen LogP) is 3.57. The average molecular weight is 249 g/mol. The van der Waals surface area contributed by atoms with E-state index in [0.717, 1.165) is 24.1 Å². The third-order valence-corrected chi connectivity index (χ3v) is 3.58. The van der Waals surface area contributed by atoms with Gasteiger partial charge in [0.15, 0.2) is 0 Å². The van der Waals surface area contributed by atoms with Crippen LogP contribution < -0.4 is 0 Å². The maximum absolute atomic E-state index is 8.59. The summed E-state index contributed by atoms with van der Waals surface area (Å²) in [5.74, 6) is 0. The van der Waals surface area contributed by atoms with Gasteiger partial charge in [-0.3, -0.25) is 4.98 Å². The molecule has 2 heterocycles. The first-order valence-corrected chi connectivity index (χ1v) is 6.50. The molecule has 19 heavy (non-hydrogen) atoms. The smallest absolute Gasteiger partial charge is 0.0675 e. The van der Waals surface area contributed by atoms with E-state index in [2.05, 4.69) is 53.0 Å². The zero-order valence-electron chi connectivity index (χ0n) is 10.9. The SMILES string of the molecule is Cn1c2ccccc2c2cc(CCCC#N)ncc21. The van der Waals surface area contributed by atoms with Gasteiger partial charge < -0.3 is 4.57 Å². The molecular formula is C16H15N3. The van der Waals surface area contributed by atoms with Crippen LogP contribution in [-0.2, 0) is 13.5 Å². The number of nitriles is 1. The van der Waals surface area contributed by atoms with Crippen molar-refractivity contribution >= 4 is 21.8 Å². The fourth-order valence-corrected chi connectivity index (χ4v) is 2.58. The standard InChI is InChI=1S/C16H15N3/c1-19-15-8-3-2-7-13(15)14-10-12(6-4-5-9-17)18-11-16(14)19/h2-3,7-8,10-11H,4-6H2,1H3. The lowest BCUT2D eigenvalue weighted by Gasteiger charge is -2.00. The van der Waals surface area contributed by atoms with Crippen molar-refractivity contribution in [3.05, 3.63) is 42.2 Å². The molecule has 0 radical (unpaired) electrons. The lowest BCUT2D eigenvalue weighted by molar-refractivity contribution is 0.826. The maximum Gasteiger partial charge on any atom is 0.0675 e. The van der Waals surface area contributed by atoms with Crippen molar-refractivity contribution < 1.29 is 0 Å². The summed E-state index contributed by atoms with van der Waals surface area (Å²) in [4.78, 5) is 4.50. The number of hydrogen-bond acceptors (Lipinski definition) is 2. The van der Waals surface area contributed by atoms with E-state index in [0.29, 0.717) is 6.42 Å². The fraction of sp³-hybridized carbons (Fsp3) is 0.250. The molecule has 3 nitrogen and oxygen atoms in total. The molecule has 3 rings (SSSR count). The van der Waals surface area contributed by atoms with Crippen LogP contribution in [0.3, 0.4) is 0 Å². The van der Waals surface area contributed by atoms with Crippen molar-refractivity contribution in [2.45, 2.75) is 19.3 Å². The van der Waals surface area contributed by atoms with Gasteiger partial charge >= 0.3 is 0 Å². The molecule has 0 aliphatic heterocycles. The molecule has 0 saturated carbocycles. The molecule has 94 valence electrons. The number of para-hydroxylation sites is 1. The Balaban J connectivity index is 2.12. The molecule has 0 N–H and O–H groups in total. The van der Waals surface area contributed by atoms with E-state index in [-0.39, 0.29) is 0 Å². The second-order valence-electron chi connectivity index (χ2n) is 4.78. The summed E-state index contributed by atoms with van der Waals surface area (Å²) < 4.78 is 2.18. The van der Waals surface area contributed by atoms with Gasteiger partial charge in [0.2, 0.25) is 0 Å². The number of nitrogens with zero attached hydrogens (tertiary/aromatic N) is 3. The highest BCUT2D eigenvalue weighted by Crippen LogP contribution is 2.27. The van der Waals surface area contributed by atoms with E-state index >= 15 is 0 Å². The Hall–Kier alpha value is -2.34. The Labute approximate surface area is 112 Å². The monoisotopic (exact) mass is 249 g/mol. The Morgan fingerprint density at radius 1 is 1.21 bits per heavy atom. The van der Waals surface area contributed by atoms with Gasteiger partial charge in [0.25, 0.3) is 0 Å². The fourth-order valence-electron chi connectivity index (χ4n) is 2.58. The van der Waals surface area contributed by atoms with Crippen LogP contribution in [0.5, 0.6) is 0 Å². The van der Waals surface area contributed by atoms with Gasteiger partial charge in [-0.25, -0.2) is 0 Å². The maximum atomic E-state index is 8.59. The van der Waals surface area contributed by atoms with Crippen molar-refractivity contribution in [3.8, 4) is 6.07 Å². The largest absolute Gasteiger partial charge is 0.342 e. The lowest BCUT2D eigenvalue weighted by atomic mass is 10.1. The molecule has 3 aromatic rings. The summed E-state index contributed by atoms with van der Waals surface area (Å²) in [5, 5.41) is 11.1. The van der Waals surface area contributed by atoms with Crippen molar-refractivity contribution in [1.29, 1.82) is 5.26 Å². The topological polar surface area (TPSA) is 41.6 Å². The zero-order valence-corrected chi connectivity index (χ0v) is 10.9. The van der Waals surface area contributed by atoms with Crippen molar-refractivity contribution in [1.82, 2.24) is 9.55 Å². The number of rotatable bonds is 3. The van der Waals surface area contributed by atoms with Crippen LogP contribution in [0.2, 0.25) is 0 Å². The van der Waals surface area contributed by atoms with E-state index in [4.69, 9.17) is 5.26 Å². The van der Waals surface area contributed by atoms with Gasteiger partial charge in [0, 0.05) is 35.5 Å². The molecule has 0 saturated heterocycles. The zero-order chi connectivity index (χ0) is 13.2. The minimum atomic E-state index is 0.593. The Morgan fingerprint density at radius 3 is 2.89 bits per heavy atom. The van der Waals surface area contributed by atoms with E-state index in [1.807, 2.05) is 6.20 Å². The van der Waals surface area contributed by atoms with E-state index < -0.39 is 0 Å². The van der Waals surface area contributed by atoms with Crippen LogP contribution in [-0.4, -0.2) is 9.55 Å². The Morgan fingerprint density at radius 2 is 2.05 bits per heavy atom. The van der Waals surface area contributed by atoms with Crippen molar-refractivity contribution in [2.75, 3.05) is 0 Å². The number of unbranched alkanes of at least 4 members (excludes halogenated alkanes) is 1. The first-order valence-electron chi connectivity index (χ1n) is 6.50. The molecule has 0 spiro atoms. The highest BCUT2D eigenvalue weighted by atomic mass is 14.9. The molecule has 0 aliphatic carbocycles. The molecule has 0 aliphatic rings. The van der Waals surface area contributed by atoms with Crippen LogP contribution in [0.15, 0.2) is 36.5 Å². The average Bonchev–Trinajstić information content (AvgIpc) is 2.73. The second-order valence-corrected chi connectivity index (χ2v) is 4.78. The molecule has 2 aromatic heterocycles. The number of aromatic nitrogens is 2. The molecular weight excluding hydrogens is 234 g/mol. The summed E-state index contributed by atoms with van der Waals surface area (Å²) in [6.07, 6.45) is 4.28. The van der Waals surface area contributed by atoms with Gasteiger partial charge in [-0.1, -0.05) is 18.2 Å². The summed E-state index contributed by atoms with van der Waals surface area (Å²) in [7, 11) is 2.07. The van der Waals surface area contributed by atoms with Crippen LogP contribution in [0, 0.1) is 11.3 Å². The number of pyridine rings is 1. The normalized spacial score (nSPS) is 10.9. The van der Waals surface area contributed by atoms with Gasteiger partial charge in [-0.15, -0.1) is 0 Å². The van der Waals surface area contributed by atoms with E-state index in [1.165, 1.54) is 16.3 Å². The minimum absolute atomic E-state index is 0.593. The van der Waals surface area contributed by atoms with Crippen LogP contribution in [0.25, 0.3) is 21.8 Å². The number of aryl methyl sites for hydroxylation is 2. The van der Waals surface area contributed by atoms with Gasteiger partial charge in [-0.05, 0) is 25.0 Å². The van der Waals surface area contributed by atoms with Gasteiger partial charge in [0.05, 0.1) is 17.8 Å². The van der Waals surface area contributed by atoms with Crippen LogP contribution >= 0.6 is 0 Å². The minimum Gasteiger partial charge on any atom is -0.342 e. The summed E-state index contributed by atoms with van der Waals surface area (Å²) >= 11 is 0. The first kappa shape index (κ1) is 11.7. The summed E-state index contributed by atoms with van der Waals surface area (Å²) in [6.45, 7) is 0. The van der Waals surface area contributed by atoms with E-state index in [1.54, 1.807) is 0 Å². The van der Waals surface area contributed by atoms with Crippen molar-refractivity contribution in [2.24, 2.45) is 7.05 Å².